The number of benzene rings is 2. The minimum Gasteiger partial charge on any atom is -0.316 e. The number of carbonyl (C=O) groups excluding carboxylic acids is 1. The van der Waals surface area contributed by atoms with E-state index >= 15 is 0 Å². The Morgan fingerprint density at radius 3 is 2.75 bits per heavy atom. The summed E-state index contributed by atoms with van der Waals surface area (Å²) < 4.78 is 3.30. The first-order chi connectivity index (χ1) is 11.7. The number of aryl methyl sites for hydroxylation is 2. The highest BCUT2D eigenvalue weighted by Crippen LogP contribution is 2.19. The molecule has 122 valence electrons. The van der Waals surface area contributed by atoms with E-state index in [0.717, 1.165) is 28.8 Å². The molecule has 24 heavy (non-hydrogen) atoms. The molecule has 0 aliphatic heterocycles. The molecule has 4 heteroatoms. The lowest BCUT2D eigenvalue weighted by atomic mass is 10.2. The van der Waals surface area contributed by atoms with Gasteiger partial charge in [-0.25, -0.2) is 0 Å². The molecule has 3 aromatic rings. The second-order valence-corrected chi connectivity index (χ2v) is 6.71. The number of amides is 1. The summed E-state index contributed by atoms with van der Waals surface area (Å²) >= 11 is 1.57. The van der Waals surface area contributed by atoms with E-state index in [1.165, 1.54) is 16.3 Å². The lowest BCUT2D eigenvalue weighted by molar-refractivity contribution is -0.113. The number of hydrogen-bond donors (Lipinski definition) is 0. The van der Waals surface area contributed by atoms with E-state index < -0.39 is 0 Å². The van der Waals surface area contributed by atoms with Gasteiger partial charge in [-0.15, -0.1) is 0 Å². The van der Waals surface area contributed by atoms with Gasteiger partial charge in [0.05, 0.1) is 10.2 Å². The summed E-state index contributed by atoms with van der Waals surface area (Å²) in [4.78, 5) is 17.3. The van der Waals surface area contributed by atoms with Crippen LogP contribution in [0.1, 0.15) is 24.5 Å². The third kappa shape index (κ3) is 3.71. The monoisotopic (exact) mass is 336 g/mol. The predicted octanol–water partition coefficient (Wildman–Crippen LogP) is 4.56. The van der Waals surface area contributed by atoms with E-state index in [2.05, 4.69) is 41.6 Å². The van der Waals surface area contributed by atoms with Gasteiger partial charge in [0.1, 0.15) is 0 Å². The van der Waals surface area contributed by atoms with Crippen LogP contribution in [0.3, 0.4) is 0 Å². The van der Waals surface area contributed by atoms with Gasteiger partial charge in [-0.05, 0) is 42.7 Å². The van der Waals surface area contributed by atoms with E-state index in [1.54, 1.807) is 17.4 Å². The van der Waals surface area contributed by atoms with Crippen molar-refractivity contribution >= 4 is 33.5 Å². The zero-order valence-corrected chi connectivity index (χ0v) is 14.7. The molecule has 2 aromatic carbocycles. The number of hydrogen-bond acceptors (Lipinski definition) is 2. The van der Waals surface area contributed by atoms with Crippen LogP contribution in [0.5, 0.6) is 0 Å². The Balaban J connectivity index is 1.98. The lowest BCUT2D eigenvalue weighted by Crippen LogP contribution is -2.16. The third-order valence-electron chi connectivity index (χ3n) is 3.71. The molecule has 0 aliphatic rings. The van der Waals surface area contributed by atoms with Crippen LogP contribution in [0.2, 0.25) is 0 Å². The van der Waals surface area contributed by atoms with Crippen LogP contribution in [0, 0.1) is 6.92 Å². The average Bonchev–Trinajstić information content (AvgIpc) is 2.91. The minimum atomic E-state index is -0.230. The molecule has 0 saturated carbocycles. The molecular weight excluding hydrogens is 316 g/mol. The number of aromatic nitrogens is 1. The van der Waals surface area contributed by atoms with Crippen LogP contribution in [0.15, 0.2) is 59.6 Å². The Labute approximate surface area is 145 Å². The van der Waals surface area contributed by atoms with Gasteiger partial charge in [-0.2, -0.15) is 4.99 Å². The molecule has 0 fully saturated rings. The normalized spacial score (nSPS) is 12.3. The number of carbonyl (C=O) groups is 1. The second kappa shape index (κ2) is 7.41. The molecule has 0 bridgehead atoms. The van der Waals surface area contributed by atoms with Crippen LogP contribution in [-0.4, -0.2) is 10.5 Å². The summed E-state index contributed by atoms with van der Waals surface area (Å²) in [6.45, 7) is 5.07. The van der Waals surface area contributed by atoms with E-state index in [1.807, 2.05) is 30.3 Å². The Bertz CT molecular complexity index is 949. The average molecular weight is 336 g/mol. The Morgan fingerprint density at radius 1 is 1.21 bits per heavy atom. The minimum absolute atomic E-state index is 0.230. The molecule has 0 N–H and O–H groups in total. The predicted molar refractivity (Wildman–Crippen MR) is 101 cm³/mol. The first-order valence-corrected chi connectivity index (χ1v) is 8.91. The van der Waals surface area contributed by atoms with Crippen LogP contribution < -0.4 is 4.80 Å². The van der Waals surface area contributed by atoms with Crippen molar-refractivity contribution in [2.45, 2.75) is 26.8 Å². The van der Waals surface area contributed by atoms with Crippen molar-refractivity contribution in [2.75, 3.05) is 0 Å². The largest absolute Gasteiger partial charge is 0.316 e. The van der Waals surface area contributed by atoms with Crippen LogP contribution in [0.4, 0.5) is 0 Å². The third-order valence-corrected chi connectivity index (χ3v) is 4.75. The summed E-state index contributed by atoms with van der Waals surface area (Å²) in [6.07, 6.45) is 4.33. The zero-order chi connectivity index (χ0) is 16.9. The van der Waals surface area contributed by atoms with Crippen molar-refractivity contribution in [1.29, 1.82) is 0 Å². The van der Waals surface area contributed by atoms with Gasteiger partial charge >= 0.3 is 0 Å². The summed E-state index contributed by atoms with van der Waals surface area (Å²) in [5.41, 5.74) is 3.36. The second-order valence-electron chi connectivity index (χ2n) is 5.70. The maximum Gasteiger partial charge on any atom is 0.272 e. The van der Waals surface area contributed by atoms with Gasteiger partial charge in [0.15, 0.2) is 4.80 Å². The van der Waals surface area contributed by atoms with E-state index in [0.29, 0.717) is 0 Å². The van der Waals surface area contributed by atoms with E-state index in [9.17, 15) is 4.79 Å². The van der Waals surface area contributed by atoms with Gasteiger partial charge in [0.25, 0.3) is 5.91 Å². The van der Waals surface area contributed by atoms with Gasteiger partial charge < -0.3 is 4.57 Å². The number of nitrogens with zero attached hydrogens (tertiary/aromatic N) is 2. The van der Waals surface area contributed by atoms with E-state index in [-0.39, 0.29) is 5.91 Å². The maximum absolute atomic E-state index is 12.2. The fourth-order valence-electron chi connectivity index (χ4n) is 2.57. The molecule has 1 amide bonds. The Morgan fingerprint density at radius 2 is 2.00 bits per heavy atom. The smallest absolute Gasteiger partial charge is 0.272 e. The SMILES string of the molecule is CCCn1c(=NC(=O)/C=C/c2ccccc2)sc2cc(C)ccc21. The molecule has 0 saturated heterocycles. The molecule has 0 spiro atoms. The molecule has 0 radical (unpaired) electrons. The number of rotatable bonds is 4. The summed E-state index contributed by atoms with van der Waals surface area (Å²) in [7, 11) is 0. The maximum atomic E-state index is 12.2. The number of thiazole rings is 1. The highest BCUT2D eigenvalue weighted by molar-refractivity contribution is 7.16. The van der Waals surface area contributed by atoms with Crippen LogP contribution in [-0.2, 0) is 11.3 Å². The molecule has 3 nitrogen and oxygen atoms in total. The van der Waals surface area contributed by atoms with E-state index in [4.69, 9.17) is 0 Å². The van der Waals surface area contributed by atoms with Gasteiger partial charge in [0.2, 0.25) is 0 Å². The van der Waals surface area contributed by atoms with Gasteiger partial charge in [-0.1, -0.05) is 54.7 Å². The molecule has 0 aliphatic carbocycles. The van der Waals surface area contributed by atoms with Crippen LogP contribution in [0.25, 0.3) is 16.3 Å². The summed E-state index contributed by atoms with van der Waals surface area (Å²) in [5, 5.41) is 0. The topological polar surface area (TPSA) is 34.4 Å². The van der Waals surface area contributed by atoms with Gasteiger partial charge in [0, 0.05) is 12.6 Å². The number of fused-ring (bicyclic) bond motifs is 1. The van der Waals surface area contributed by atoms with Crippen molar-refractivity contribution in [3.8, 4) is 0 Å². The van der Waals surface area contributed by atoms with Crippen molar-refractivity contribution in [3.63, 3.8) is 0 Å². The molecule has 1 aromatic heterocycles. The van der Waals surface area contributed by atoms with Crippen molar-refractivity contribution in [2.24, 2.45) is 4.99 Å². The first-order valence-electron chi connectivity index (χ1n) is 8.09. The summed E-state index contributed by atoms with van der Waals surface area (Å²) in [6, 6.07) is 16.1. The molecular formula is C20H20N2OS. The molecule has 3 rings (SSSR count). The quantitative estimate of drug-likeness (QED) is 0.643. The van der Waals surface area contributed by atoms with Gasteiger partial charge in [-0.3, -0.25) is 4.79 Å². The van der Waals surface area contributed by atoms with Crippen molar-refractivity contribution in [1.82, 2.24) is 4.57 Å². The molecule has 0 atom stereocenters. The lowest BCUT2D eigenvalue weighted by Gasteiger charge is -2.02. The summed E-state index contributed by atoms with van der Waals surface area (Å²) in [5.74, 6) is -0.230. The standard InChI is InChI=1S/C20H20N2OS/c1-3-13-22-17-11-9-15(2)14-18(17)24-20(22)21-19(23)12-10-16-7-5-4-6-8-16/h4-12,14H,3,13H2,1-2H3/b12-10+,21-20?. The highest BCUT2D eigenvalue weighted by Gasteiger charge is 2.06. The molecule has 0 unspecified atom stereocenters. The van der Waals surface area contributed by atoms with Crippen LogP contribution >= 0.6 is 11.3 Å². The Kier molecular flexibility index (Phi) is 5.06. The van der Waals surface area contributed by atoms with Crippen molar-refractivity contribution in [3.05, 3.63) is 70.5 Å². The fourth-order valence-corrected chi connectivity index (χ4v) is 3.73. The Hall–Kier alpha value is -2.46. The molecule has 1 heterocycles. The zero-order valence-electron chi connectivity index (χ0n) is 13.9. The fraction of sp³-hybridized carbons (Fsp3) is 0.200. The first kappa shape index (κ1) is 16.4. The highest BCUT2D eigenvalue weighted by atomic mass is 32.1. The van der Waals surface area contributed by atoms with Crippen molar-refractivity contribution < 1.29 is 4.79 Å².